The Labute approximate surface area is 164 Å². The van der Waals surface area contributed by atoms with Crippen molar-refractivity contribution < 1.29 is 0 Å². The molecular weight excluding hydrogens is 314 g/mol. The molecule has 1 heteroatoms. The van der Waals surface area contributed by atoms with Crippen LogP contribution in [0.2, 0.25) is 0 Å². The van der Waals surface area contributed by atoms with Gasteiger partial charge in [-0.25, -0.2) is 0 Å². The van der Waals surface area contributed by atoms with Crippen LogP contribution in [0.4, 0.5) is 0 Å². The number of hydrogen-bond donors (Lipinski definition) is 0. The summed E-state index contributed by atoms with van der Waals surface area (Å²) in [5.74, 6) is 2.93. The molecular formula is C25H45N. The second kappa shape index (κ2) is 12.0. The second-order valence-corrected chi connectivity index (χ2v) is 9.64. The summed E-state index contributed by atoms with van der Waals surface area (Å²) in [7, 11) is 0. The van der Waals surface area contributed by atoms with Gasteiger partial charge >= 0.3 is 0 Å². The van der Waals surface area contributed by atoms with E-state index in [4.69, 9.17) is 0 Å². The molecule has 2 saturated carbocycles. The van der Waals surface area contributed by atoms with E-state index in [0.717, 1.165) is 17.8 Å². The second-order valence-electron chi connectivity index (χ2n) is 9.64. The summed E-state index contributed by atoms with van der Waals surface area (Å²) in [6.07, 6.45) is 24.5. The monoisotopic (exact) mass is 359 g/mol. The highest BCUT2D eigenvalue weighted by Crippen LogP contribution is 2.47. The standard InChI is InChI=1S/C25H45N/c1-3-5-6-7-8-9-10-11-18-25(21-26)19-16-24(17-20-25)23-14-12-22(4-2)13-15-23/h22-24H,3-20H2,1-2H3. The maximum atomic E-state index is 9.85. The highest BCUT2D eigenvalue weighted by molar-refractivity contribution is 5.02. The Kier molecular flexibility index (Phi) is 10.1. The largest absolute Gasteiger partial charge is 0.198 e. The fraction of sp³-hybridized carbons (Fsp3) is 0.960. The van der Waals surface area contributed by atoms with Crippen LogP contribution in [0.15, 0.2) is 0 Å². The SMILES string of the molecule is CCCCCCCCCCC1(C#N)CCC(C2CCC(CC)CC2)CC1. The van der Waals surface area contributed by atoms with Gasteiger partial charge in [-0.05, 0) is 62.7 Å². The number of nitriles is 1. The lowest BCUT2D eigenvalue weighted by molar-refractivity contribution is 0.116. The average molecular weight is 360 g/mol. The van der Waals surface area contributed by atoms with Gasteiger partial charge in [0, 0.05) is 0 Å². The van der Waals surface area contributed by atoms with Crippen molar-refractivity contribution >= 4 is 0 Å². The highest BCUT2D eigenvalue weighted by Gasteiger charge is 2.38. The third-order valence-electron chi connectivity index (χ3n) is 7.87. The van der Waals surface area contributed by atoms with Crippen molar-refractivity contribution in [2.24, 2.45) is 23.2 Å². The molecule has 1 nitrogen and oxygen atoms in total. The molecule has 0 heterocycles. The Morgan fingerprint density at radius 2 is 1.27 bits per heavy atom. The van der Waals surface area contributed by atoms with Crippen molar-refractivity contribution in [2.75, 3.05) is 0 Å². The summed E-state index contributed by atoms with van der Waals surface area (Å²) in [6, 6.07) is 2.78. The number of nitrogens with zero attached hydrogens (tertiary/aromatic N) is 1. The van der Waals surface area contributed by atoms with Crippen molar-refractivity contribution in [2.45, 2.75) is 129 Å². The van der Waals surface area contributed by atoms with Gasteiger partial charge in [0.1, 0.15) is 0 Å². The van der Waals surface area contributed by atoms with Crippen LogP contribution in [0.25, 0.3) is 0 Å². The van der Waals surface area contributed by atoms with Gasteiger partial charge in [-0.2, -0.15) is 5.26 Å². The van der Waals surface area contributed by atoms with E-state index in [1.807, 2.05) is 0 Å². The Hall–Kier alpha value is -0.510. The lowest BCUT2D eigenvalue weighted by atomic mass is 9.63. The summed E-state index contributed by atoms with van der Waals surface area (Å²) in [5.41, 5.74) is 0.0410. The zero-order valence-electron chi connectivity index (χ0n) is 17.9. The smallest absolute Gasteiger partial charge is 0.0689 e. The van der Waals surface area contributed by atoms with Crippen molar-refractivity contribution in [3.63, 3.8) is 0 Å². The van der Waals surface area contributed by atoms with Crippen LogP contribution in [0.1, 0.15) is 129 Å². The lowest BCUT2D eigenvalue weighted by Gasteiger charge is -2.40. The predicted molar refractivity (Wildman–Crippen MR) is 113 cm³/mol. The zero-order valence-corrected chi connectivity index (χ0v) is 17.9. The van der Waals surface area contributed by atoms with E-state index in [0.29, 0.717) is 0 Å². The van der Waals surface area contributed by atoms with Crippen LogP contribution in [0, 0.1) is 34.5 Å². The van der Waals surface area contributed by atoms with Crippen LogP contribution in [-0.4, -0.2) is 0 Å². The molecule has 2 aliphatic rings. The van der Waals surface area contributed by atoms with Gasteiger partial charge in [0.05, 0.1) is 11.5 Å². The van der Waals surface area contributed by atoms with Crippen molar-refractivity contribution in [3.8, 4) is 6.07 Å². The van der Waals surface area contributed by atoms with Crippen LogP contribution in [0.5, 0.6) is 0 Å². The van der Waals surface area contributed by atoms with Gasteiger partial charge in [-0.3, -0.25) is 0 Å². The summed E-state index contributed by atoms with van der Waals surface area (Å²) >= 11 is 0. The quantitative estimate of drug-likeness (QED) is 0.339. The predicted octanol–water partition coefficient (Wildman–Crippen LogP) is 8.43. The van der Waals surface area contributed by atoms with E-state index >= 15 is 0 Å². The molecule has 0 aromatic carbocycles. The van der Waals surface area contributed by atoms with E-state index in [2.05, 4.69) is 19.9 Å². The minimum Gasteiger partial charge on any atom is -0.198 e. The molecule has 0 aliphatic heterocycles. The first-order valence-electron chi connectivity index (χ1n) is 12.1. The molecule has 0 spiro atoms. The molecule has 0 N–H and O–H groups in total. The van der Waals surface area contributed by atoms with Crippen LogP contribution >= 0.6 is 0 Å². The maximum absolute atomic E-state index is 9.85. The fourth-order valence-electron chi connectivity index (χ4n) is 5.75. The maximum Gasteiger partial charge on any atom is 0.0689 e. The summed E-state index contributed by atoms with van der Waals surface area (Å²) in [6.45, 7) is 4.64. The van der Waals surface area contributed by atoms with E-state index in [1.165, 1.54) is 116 Å². The Morgan fingerprint density at radius 3 is 1.81 bits per heavy atom. The van der Waals surface area contributed by atoms with Gasteiger partial charge in [-0.15, -0.1) is 0 Å². The number of hydrogen-bond acceptors (Lipinski definition) is 1. The molecule has 0 atom stereocenters. The zero-order chi connectivity index (χ0) is 18.7. The average Bonchev–Trinajstić information content (AvgIpc) is 2.70. The van der Waals surface area contributed by atoms with Gasteiger partial charge in [-0.1, -0.05) is 84.5 Å². The summed E-state index contributed by atoms with van der Waals surface area (Å²) in [5, 5.41) is 9.85. The van der Waals surface area contributed by atoms with Crippen molar-refractivity contribution in [3.05, 3.63) is 0 Å². The Morgan fingerprint density at radius 1 is 0.731 bits per heavy atom. The molecule has 150 valence electrons. The molecule has 0 unspecified atom stereocenters. The molecule has 0 radical (unpaired) electrons. The van der Waals surface area contributed by atoms with Gasteiger partial charge in [0.15, 0.2) is 0 Å². The minimum atomic E-state index is 0.0410. The molecule has 0 aromatic rings. The van der Waals surface area contributed by atoms with Crippen LogP contribution in [-0.2, 0) is 0 Å². The molecule has 0 saturated heterocycles. The third kappa shape index (κ3) is 6.90. The van der Waals surface area contributed by atoms with Crippen molar-refractivity contribution in [1.29, 1.82) is 5.26 Å². The summed E-state index contributed by atoms with van der Waals surface area (Å²) in [4.78, 5) is 0. The molecule has 0 amide bonds. The fourth-order valence-corrected chi connectivity index (χ4v) is 5.75. The van der Waals surface area contributed by atoms with E-state index in [9.17, 15) is 5.26 Å². The molecule has 0 bridgehead atoms. The van der Waals surface area contributed by atoms with Crippen molar-refractivity contribution in [1.82, 2.24) is 0 Å². The number of rotatable bonds is 11. The van der Waals surface area contributed by atoms with Gasteiger partial charge in [0.2, 0.25) is 0 Å². The lowest BCUT2D eigenvalue weighted by Crippen LogP contribution is -2.31. The third-order valence-corrected chi connectivity index (χ3v) is 7.87. The van der Waals surface area contributed by atoms with Crippen LogP contribution < -0.4 is 0 Å². The Bertz CT molecular complexity index is 391. The molecule has 2 fully saturated rings. The first-order valence-corrected chi connectivity index (χ1v) is 12.1. The molecule has 2 aliphatic carbocycles. The topological polar surface area (TPSA) is 23.8 Å². The van der Waals surface area contributed by atoms with Gasteiger partial charge in [0.25, 0.3) is 0 Å². The normalized spacial score (nSPS) is 32.3. The minimum absolute atomic E-state index is 0.0410. The Balaban J connectivity index is 1.61. The first kappa shape index (κ1) is 21.8. The van der Waals surface area contributed by atoms with E-state index in [-0.39, 0.29) is 5.41 Å². The molecule has 0 aromatic heterocycles. The molecule has 26 heavy (non-hydrogen) atoms. The van der Waals surface area contributed by atoms with Crippen LogP contribution in [0.3, 0.4) is 0 Å². The van der Waals surface area contributed by atoms with Gasteiger partial charge < -0.3 is 0 Å². The van der Waals surface area contributed by atoms with E-state index in [1.54, 1.807) is 0 Å². The molecule has 2 rings (SSSR count). The highest BCUT2D eigenvalue weighted by atomic mass is 14.4. The number of unbranched alkanes of at least 4 members (excludes halogenated alkanes) is 7. The summed E-state index contributed by atoms with van der Waals surface area (Å²) < 4.78 is 0. The van der Waals surface area contributed by atoms with E-state index < -0.39 is 0 Å². The first-order chi connectivity index (χ1) is 12.7.